The van der Waals surface area contributed by atoms with Gasteiger partial charge in [-0.3, -0.25) is 4.48 Å². The Morgan fingerprint density at radius 3 is 2.67 bits per heavy atom. The standard InChI is InChI=1S/C16H26NO/c1-14(2)12-16-17(3,10-7-11-18-16)13-15-8-5-4-6-9-15/h4-6,8-9,14,16H,7,10-13H2,1-3H3/q+1. The summed E-state index contributed by atoms with van der Waals surface area (Å²) in [6.45, 7) is 7.81. The van der Waals surface area contributed by atoms with Crippen molar-refractivity contribution in [1.82, 2.24) is 0 Å². The molecule has 18 heavy (non-hydrogen) atoms. The Kier molecular flexibility index (Phi) is 4.41. The van der Waals surface area contributed by atoms with Gasteiger partial charge in [0.1, 0.15) is 6.54 Å². The summed E-state index contributed by atoms with van der Waals surface area (Å²) in [5.41, 5.74) is 1.42. The SMILES string of the molecule is CC(C)CC1OCCC[N+]1(C)Cc1ccccc1. The van der Waals surface area contributed by atoms with Crippen LogP contribution in [-0.4, -0.2) is 30.9 Å². The highest BCUT2D eigenvalue weighted by Gasteiger charge is 2.36. The van der Waals surface area contributed by atoms with E-state index in [-0.39, 0.29) is 0 Å². The van der Waals surface area contributed by atoms with Gasteiger partial charge in [-0.25, -0.2) is 0 Å². The maximum absolute atomic E-state index is 6.05. The average Bonchev–Trinajstić information content (AvgIpc) is 2.33. The molecule has 2 nitrogen and oxygen atoms in total. The highest BCUT2D eigenvalue weighted by molar-refractivity contribution is 5.13. The Morgan fingerprint density at radius 1 is 1.28 bits per heavy atom. The molecule has 0 saturated carbocycles. The molecule has 0 radical (unpaired) electrons. The highest BCUT2D eigenvalue weighted by atomic mass is 16.5. The van der Waals surface area contributed by atoms with Crippen molar-refractivity contribution in [3.63, 3.8) is 0 Å². The first-order valence-corrected chi connectivity index (χ1v) is 7.10. The van der Waals surface area contributed by atoms with Crippen molar-refractivity contribution in [2.45, 2.75) is 39.5 Å². The van der Waals surface area contributed by atoms with Crippen molar-refractivity contribution in [2.75, 3.05) is 20.2 Å². The second-order valence-electron chi connectivity index (χ2n) is 6.16. The van der Waals surface area contributed by atoms with Gasteiger partial charge in [0.15, 0.2) is 6.23 Å². The molecule has 100 valence electrons. The topological polar surface area (TPSA) is 9.23 Å². The highest BCUT2D eigenvalue weighted by Crippen LogP contribution is 2.26. The van der Waals surface area contributed by atoms with E-state index in [0.717, 1.165) is 24.1 Å². The second-order valence-corrected chi connectivity index (χ2v) is 6.16. The van der Waals surface area contributed by atoms with Crippen LogP contribution in [0.15, 0.2) is 30.3 Å². The van der Waals surface area contributed by atoms with E-state index in [2.05, 4.69) is 51.2 Å². The molecule has 1 aromatic rings. The zero-order valence-corrected chi connectivity index (χ0v) is 11.9. The lowest BCUT2D eigenvalue weighted by Gasteiger charge is -2.45. The number of quaternary nitrogens is 1. The Morgan fingerprint density at radius 2 is 2.00 bits per heavy atom. The quantitative estimate of drug-likeness (QED) is 0.742. The number of ether oxygens (including phenoxy) is 1. The van der Waals surface area contributed by atoms with Gasteiger partial charge in [-0.15, -0.1) is 0 Å². The van der Waals surface area contributed by atoms with Crippen molar-refractivity contribution < 1.29 is 9.22 Å². The van der Waals surface area contributed by atoms with Crippen LogP contribution in [0.5, 0.6) is 0 Å². The molecule has 2 atom stereocenters. The molecular formula is C16H26NO+. The van der Waals surface area contributed by atoms with Gasteiger partial charge in [-0.1, -0.05) is 44.2 Å². The van der Waals surface area contributed by atoms with Gasteiger partial charge in [0.2, 0.25) is 0 Å². The minimum Gasteiger partial charge on any atom is -0.329 e. The maximum Gasteiger partial charge on any atom is 0.193 e. The monoisotopic (exact) mass is 248 g/mol. The molecule has 0 aliphatic carbocycles. The van der Waals surface area contributed by atoms with Crippen LogP contribution in [0.3, 0.4) is 0 Å². The fourth-order valence-corrected chi connectivity index (χ4v) is 2.88. The van der Waals surface area contributed by atoms with E-state index < -0.39 is 0 Å². The van der Waals surface area contributed by atoms with Crippen LogP contribution in [0.2, 0.25) is 0 Å². The molecule has 1 saturated heterocycles. The summed E-state index contributed by atoms with van der Waals surface area (Å²) in [5.74, 6) is 0.696. The number of nitrogens with zero attached hydrogens (tertiary/aromatic N) is 1. The molecule has 1 aromatic carbocycles. The minimum atomic E-state index is 0.360. The van der Waals surface area contributed by atoms with E-state index in [1.54, 1.807) is 0 Å². The predicted molar refractivity (Wildman–Crippen MR) is 75.0 cm³/mol. The summed E-state index contributed by atoms with van der Waals surface area (Å²) in [6.07, 6.45) is 2.69. The summed E-state index contributed by atoms with van der Waals surface area (Å²) in [4.78, 5) is 0. The molecule has 0 spiro atoms. The zero-order chi connectivity index (χ0) is 13.0. The van der Waals surface area contributed by atoms with Crippen molar-refractivity contribution >= 4 is 0 Å². The molecule has 1 heterocycles. The number of rotatable bonds is 4. The van der Waals surface area contributed by atoms with E-state index >= 15 is 0 Å². The van der Waals surface area contributed by atoms with Gasteiger partial charge in [-0.05, 0) is 5.92 Å². The zero-order valence-electron chi connectivity index (χ0n) is 11.9. The van der Waals surface area contributed by atoms with E-state index in [9.17, 15) is 0 Å². The summed E-state index contributed by atoms with van der Waals surface area (Å²) in [6, 6.07) is 10.8. The van der Waals surface area contributed by atoms with Gasteiger partial charge < -0.3 is 4.74 Å². The van der Waals surface area contributed by atoms with Crippen LogP contribution in [0, 0.1) is 5.92 Å². The lowest BCUT2D eigenvalue weighted by molar-refractivity contribution is -0.974. The third-order valence-corrected chi connectivity index (χ3v) is 3.88. The Labute approximate surface area is 111 Å². The molecule has 2 heteroatoms. The van der Waals surface area contributed by atoms with E-state index in [1.807, 2.05) is 0 Å². The lowest BCUT2D eigenvalue weighted by atomic mass is 10.0. The molecule has 1 fully saturated rings. The van der Waals surface area contributed by atoms with E-state index in [0.29, 0.717) is 12.1 Å². The molecule has 0 amide bonds. The van der Waals surface area contributed by atoms with Gasteiger partial charge in [0, 0.05) is 18.4 Å². The van der Waals surface area contributed by atoms with Crippen LogP contribution in [-0.2, 0) is 11.3 Å². The Balaban J connectivity index is 2.10. The van der Waals surface area contributed by atoms with Crippen LogP contribution in [0.4, 0.5) is 0 Å². The summed E-state index contributed by atoms with van der Waals surface area (Å²) < 4.78 is 7.08. The van der Waals surface area contributed by atoms with E-state index in [4.69, 9.17) is 4.74 Å². The van der Waals surface area contributed by atoms with Crippen LogP contribution in [0.1, 0.15) is 32.3 Å². The second kappa shape index (κ2) is 5.85. The summed E-state index contributed by atoms with van der Waals surface area (Å²) in [7, 11) is 2.35. The molecule has 0 bridgehead atoms. The summed E-state index contributed by atoms with van der Waals surface area (Å²) >= 11 is 0. The van der Waals surface area contributed by atoms with E-state index in [1.165, 1.54) is 18.5 Å². The van der Waals surface area contributed by atoms with Gasteiger partial charge in [-0.2, -0.15) is 0 Å². The molecule has 0 aromatic heterocycles. The van der Waals surface area contributed by atoms with Gasteiger partial charge in [0.05, 0.1) is 20.2 Å². The molecule has 2 unspecified atom stereocenters. The lowest BCUT2D eigenvalue weighted by Crippen LogP contribution is -2.56. The summed E-state index contributed by atoms with van der Waals surface area (Å²) in [5, 5.41) is 0. The normalized spacial score (nSPS) is 28.6. The Hall–Kier alpha value is -0.860. The first-order valence-electron chi connectivity index (χ1n) is 7.10. The maximum atomic E-state index is 6.05. The van der Waals surface area contributed by atoms with Crippen LogP contribution in [0.25, 0.3) is 0 Å². The van der Waals surface area contributed by atoms with Crippen molar-refractivity contribution in [1.29, 1.82) is 0 Å². The molecule has 1 aliphatic rings. The van der Waals surface area contributed by atoms with Crippen LogP contribution < -0.4 is 0 Å². The minimum absolute atomic E-state index is 0.360. The fraction of sp³-hybridized carbons (Fsp3) is 0.625. The Bertz CT molecular complexity index is 363. The molecular weight excluding hydrogens is 222 g/mol. The fourth-order valence-electron chi connectivity index (χ4n) is 2.88. The molecule has 1 aliphatic heterocycles. The first-order chi connectivity index (χ1) is 8.60. The first kappa shape index (κ1) is 13.6. The number of benzene rings is 1. The largest absolute Gasteiger partial charge is 0.329 e. The van der Waals surface area contributed by atoms with Crippen molar-refractivity contribution in [3.05, 3.63) is 35.9 Å². The average molecular weight is 248 g/mol. The smallest absolute Gasteiger partial charge is 0.193 e. The number of hydrogen-bond donors (Lipinski definition) is 0. The third kappa shape index (κ3) is 3.33. The van der Waals surface area contributed by atoms with Crippen LogP contribution >= 0.6 is 0 Å². The van der Waals surface area contributed by atoms with Crippen molar-refractivity contribution in [2.24, 2.45) is 5.92 Å². The number of hydrogen-bond acceptors (Lipinski definition) is 1. The van der Waals surface area contributed by atoms with Gasteiger partial charge in [0.25, 0.3) is 0 Å². The molecule has 0 N–H and O–H groups in total. The third-order valence-electron chi connectivity index (χ3n) is 3.88. The predicted octanol–water partition coefficient (Wildman–Crippen LogP) is 3.43. The molecule has 2 rings (SSSR count). The van der Waals surface area contributed by atoms with Crippen molar-refractivity contribution in [3.8, 4) is 0 Å². The van der Waals surface area contributed by atoms with Gasteiger partial charge >= 0.3 is 0 Å².